The first-order valence-electron chi connectivity index (χ1n) is 16.7. The first kappa shape index (κ1) is 34.7. The van der Waals surface area contributed by atoms with Gasteiger partial charge in [0.15, 0.2) is 12.4 Å². The Hall–Kier alpha value is -4.14. The monoisotopic (exact) mass is 677 g/mol. The summed E-state index contributed by atoms with van der Waals surface area (Å²) in [6, 6.07) is 15.9. The van der Waals surface area contributed by atoms with Crippen LogP contribution < -0.4 is 14.5 Å². The summed E-state index contributed by atoms with van der Waals surface area (Å²) in [6.07, 6.45) is 1.22. The van der Waals surface area contributed by atoms with E-state index in [4.69, 9.17) is 19.3 Å². The van der Waals surface area contributed by atoms with Gasteiger partial charge in [-0.25, -0.2) is 9.18 Å². The fourth-order valence-electron chi connectivity index (χ4n) is 7.11. The van der Waals surface area contributed by atoms with E-state index in [0.29, 0.717) is 11.4 Å². The Morgan fingerprint density at radius 2 is 1.55 bits per heavy atom. The van der Waals surface area contributed by atoms with Crippen LogP contribution in [0, 0.1) is 11.7 Å². The maximum Gasteiger partial charge on any atom is 0.335 e. The van der Waals surface area contributed by atoms with E-state index in [2.05, 4.69) is 42.9 Å². The molecule has 49 heavy (non-hydrogen) atoms. The minimum atomic E-state index is -1.35. The molecular formula is C36H44FN5O7. The lowest BCUT2D eigenvalue weighted by molar-refractivity contribution is -0.273. The SMILES string of the molecule is COC1OC(C(=O)O)C(O)C(C)C1O.COc1cc(N2CCN(C3CCN(c4ccc(F)c5cccnc45)CC3)CC2)c2ncccc2c1. The zero-order valence-electron chi connectivity index (χ0n) is 28.0. The van der Waals surface area contributed by atoms with Crippen molar-refractivity contribution in [1.82, 2.24) is 14.9 Å². The number of aliphatic carboxylic acids is 1. The highest BCUT2D eigenvalue weighted by atomic mass is 19.1. The van der Waals surface area contributed by atoms with Crippen LogP contribution in [-0.4, -0.2) is 120 Å². The minimum Gasteiger partial charge on any atom is -0.497 e. The van der Waals surface area contributed by atoms with Crippen LogP contribution in [0.15, 0.2) is 60.9 Å². The molecule has 5 unspecified atom stereocenters. The van der Waals surface area contributed by atoms with Gasteiger partial charge in [0.25, 0.3) is 0 Å². The molecule has 0 saturated carbocycles. The van der Waals surface area contributed by atoms with Gasteiger partial charge in [0.05, 0.1) is 35.6 Å². The first-order chi connectivity index (χ1) is 23.7. The van der Waals surface area contributed by atoms with Crippen LogP contribution in [0.2, 0.25) is 0 Å². The summed E-state index contributed by atoms with van der Waals surface area (Å²) >= 11 is 0. The molecule has 0 amide bonds. The van der Waals surface area contributed by atoms with Crippen molar-refractivity contribution >= 4 is 39.1 Å². The molecular weight excluding hydrogens is 633 g/mol. The second-order valence-corrected chi connectivity index (χ2v) is 12.8. The fourth-order valence-corrected chi connectivity index (χ4v) is 7.11. The van der Waals surface area contributed by atoms with Crippen LogP contribution in [0.3, 0.4) is 0 Å². The predicted octanol–water partition coefficient (Wildman–Crippen LogP) is 3.52. The molecule has 0 radical (unpaired) electrons. The Kier molecular flexibility index (Phi) is 10.8. The van der Waals surface area contributed by atoms with Crippen molar-refractivity contribution in [1.29, 1.82) is 0 Å². The molecule has 3 fully saturated rings. The number of halogens is 1. The Morgan fingerprint density at radius 1 is 0.878 bits per heavy atom. The van der Waals surface area contributed by atoms with E-state index in [0.717, 1.165) is 85.7 Å². The van der Waals surface area contributed by atoms with Crippen LogP contribution in [0.1, 0.15) is 19.8 Å². The highest BCUT2D eigenvalue weighted by molar-refractivity contribution is 5.93. The Balaban J connectivity index is 0.000000251. The van der Waals surface area contributed by atoms with Gasteiger partial charge in [-0.05, 0) is 49.2 Å². The number of piperazine rings is 1. The number of carboxylic acid groups (broad SMARTS) is 1. The molecule has 0 spiro atoms. The number of carbonyl (C=O) groups is 1. The van der Waals surface area contributed by atoms with Crippen LogP contribution in [0.25, 0.3) is 21.8 Å². The van der Waals surface area contributed by atoms with E-state index >= 15 is 0 Å². The van der Waals surface area contributed by atoms with Gasteiger partial charge >= 0.3 is 5.97 Å². The van der Waals surface area contributed by atoms with E-state index in [9.17, 15) is 19.4 Å². The van der Waals surface area contributed by atoms with Gasteiger partial charge in [0.1, 0.15) is 17.7 Å². The second kappa shape index (κ2) is 15.2. The summed E-state index contributed by atoms with van der Waals surface area (Å²) < 4.78 is 29.4. The van der Waals surface area contributed by atoms with Crippen molar-refractivity contribution < 1.29 is 38.7 Å². The van der Waals surface area contributed by atoms with Crippen LogP contribution in [-0.2, 0) is 14.3 Å². The summed E-state index contributed by atoms with van der Waals surface area (Å²) in [5, 5.41) is 29.4. The second-order valence-electron chi connectivity index (χ2n) is 12.8. The number of rotatable bonds is 6. The molecule has 0 aliphatic carbocycles. The van der Waals surface area contributed by atoms with Crippen LogP contribution in [0.5, 0.6) is 5.75 Å². The number of aliphatic hydroxyl groups excluding tert-OH is 2. The van der Waals surface area contributed by atoms with E-state index < -0.39 is 36.5 Å². The molecule has 3 aliphatic heterocycles. The molecule has 12 nitrogen and oxygen atoms in total. The van der Waals surface area contributed by atoms with Gasteiger partial charge in [0.2, 0.25) is 0 Å². The van der Waals surface area contributed by atoms with Gasteiger partial charge in [-0.1, -0.05) is 13.0 Å². The first-order valence-corrected chi connectivity index (χ1v) is 16.7. The predicted molar refractivity (Wildman–Crippen MR) is 184 cm³/mol. The number of ether oxygens (including phenoxy) is 3. The van der Waals surface area contributed by atoms with Gasteiger partial charge in [-0.2, -0.15) is 0 Å². The lowest BCUT2D eigenvalue weighted by atomic mass is 9.91. The Bertz CT molecular complexity index is 1750. The molecule has 5 heterocycles. The van der Waals surface area contributed by atoms with Crippen molar-refractivity contribution in [2.45, 2.75) is 50.4 Å². The zero-order valence-corrected chi connectivity index (χ0v) is 28.0. The standard InChI is InChI=1S/C28H30FN5O.C8H14O6/c1-35-22-18-20-4-2-10-30-27(20)26(19-22)34-16-14-32(15-17-34)21-8-12-33(13-9-21)25-7-6-24(29)23-5-3-11-31-28(23)25;1-3-4(9)6(7(11)12)14-8(13-2)5(3)10/h2-7,10-11,18-19,21H,8-9,12-17H2,1H3;3-6,8-10H,1-2H3,(H,11,12). The number of piperidine rings is 1. The topological polar surface area (TPSA) is 141 Å². The summed E-state index contributed by atoms with van der Waals surface area (Å²) in [7, 11) is 3.02. The summed E-state index contributed by atoms with van der Waals surface area (Å²) in [4.78, 5) is 27.3. The van der Waals surface area contributed by atoms with Gasteiger partial charge in [-0.3, -0.25) is 14.9 Å². The average Bonchev–Trinajstić information content (AvgIpc) is 3.14. The van der Waals surface area contributed by atoms with E-state index in [1.165, 1.54) is 7.11 Å². The van der Waals surface area contributed by atoms with Crippen LogP contribution in [0.4, 0.5) is 15.8 Å². The highest BCUT2D eigenvalue weighted by Gasteiger charge is 2.45. The summed E-state index contributed by atoms with van der Waals surface area (Å²) in [5.74, 6) is -1.20. The van der Waals surface area contributed by atoms with Gasteiger partial charge in [-0.15, -0.1) is 0 Å². The molecule has 5 atom stereocenters. The van der Waals surface area contributed by atoms with Crippen molar-refractivity contribution in [3.8, 4) is 5.75 Å². The maximum atomic E-state index is 14.2. The number of anilines is 2. The molecule has 3 N–H and O–H groups in total. The number of nitrogens with zero attached hydrogens (tertiary/aromatic N) is 5. The molecule has 7 rings (SSSR count). The normalized spacial score (nSPS) is 25.2. The van der Waals surface area contributed by atoms with Gasteiger partial charge < -0.3 is 39.3 Å². The van der Waals surface area contributed by atoms with Crippen molar-refractivity contribution in [2.24, 2.45) is 5.92 Å². The van der Waals surface area contributed by atoms with Gasteiger partial charge in [0, 0.05) is 87.6 Å². The van der Waals surface area contributed by atoms with Crippen molar-refractivity contribution in [3.05, 3.63) is 66.7 Å². The lowest BCUT2D eigenvalue weighted by Crippen LogP contribution is -2.56. The quantitative estimate of drug-likeness (QED) is 0.275. The third kappa shape index (κ3) is 7.26. The van der Waals surface area contributed by atoms with Crippen molar-refractivity contribution in [2.75, 3.05) is 63.3 Å². The smallest absolute Gasteiger partial charge is 0.335 e. The molecule has 3 aliphatic rings. The fraction of sp³-hybridized carbons (Fsp3) is 0.472. The Labute approximate surface area is 284 Å². The minimum absolute atomic E-state index is 0.205. The third-order valence-electron chi connectivity index (χ3n) is 9.99. The van der Waals surface area contributed by atoms with E-state index in [-0.39, 0.29) is 5.82 Å². The number of benzene rings is 2. The molecule has 3 saturated heterocycles. The molecule has 0 bridgehead atoms. The van der Waals surface area contributed by atoms with Crippen LogP contribution >= 0.6 is 0 Å². The molecule has 2 aromatic heterocycles. The average molecular weight is 678 g/mol. The lowest BCUT2D eigenvalue weighted by Gasteiger charge is -2.44. The van der Waals surface area contributed by atoms with Crippen molar-refractivity contribution in [3.63, 3.8) is 0 Å². The highest BCUT2D eigenvalue weighted by Crippen LogP contribution is 2.33. The number of aromatic nitrogens is 2. The summed E-state index contributed by atoms with van der Waals surface area (Å²) in [6.45, 7) is 7.50. The third-order valence-corrected chi connectivity index (χ3v) is 9.99. The number of carboxylic acids is 1. The number of fused-ring (bicyclic) bond motifs is 2. The maximum absolute atomic E-state index is 14.2. The molecule has 262 valence electrons. The van der Waals surface area contributed by atoms with E-state index in [1.807, 2.05) is 24.4 Å². The number of methoxy groups -OCH3 is 2. The largest absolute Gasteiger partial charge is 0.497 e. The molecule has 4 aromatic rings. The van der Waals surface area contributed by atoms with E-state index in [1.54, 1.807) is 32.4 Å². The number of hydrogen-bond acceptors (Lipinski definition) is 11. The summed E-state index contributed by atoms with van der Waals surface area (Å²) in [5.41, 5.74) is 4.00. The molecule has 2 aromatic carbocycles. The number of hydrogen-bond donors (Lipinski definition) is 3. The number of aliphatic hydroxyl groups is 2. The number of pyridine rings is 2. The zero-order chi connectivity index (χ0) is 34.7. The Morgan fingerprint density at radius 3 is 2.22 bits per heavy atom. The molecule has 13 heteroatoms.